The maximum absolute atomic E-state index is 2.38. The summed E-state index contributed by atoms with van der Waals surface area (Å²) in [6, 6.07) is 8.76. The van der Waals surface area contributed by atoms with Crippen LogP contribution < -0.4 is 0 Å². The van der Waals surface area contributed by atoms with E-state index in [2.05, 4.69) is 57.2 Å². The van der Waals surface area contributed by atoms with Crippen molar-refractivity contribution < 1.29 is 0 Å². The van der Waals surface area contributed by atoms with E-state index < -0.39 is 0 Å². The average Bonchev–Trinajstić information content (AvgIpc) is 2.18. The van der Waals surface area contributed by atoms with Gasteiger partial charge < -0.3 is 0 Å². The maximum Gasteiger partial charge on any atom is -0.00118 e. The number of hydrogen-bond acceptors (Lipinski definition) is 0. The van der Waals surface area contributed by atoms with Crippen LogP contribution in [0, 0.1) is 5.92 Å². The lowest BCUT2D eigenvalue weighted by molar-refractivity contribution is 0.338. The summed E-state index contributed by atoms with van der Waals surface area (Å²) in [5, 5.41) is 0. The van der Waals surface area contributed by atoms with Crippen LogP contribution in [0.15, 0.2) is 30.3 Å². The molecule has 1 unspecified atom stereocenters. The molecule has 1 aliphatic rings. The van der Waals surface area contributed by atoms with Gasteiger partial charge in [0.05, 0.1) is 0 Å². The molecule has 0 heterocycles. The van der Waals surface area contributed by atoms with E-state index in [0.717, 1.165) is 0 Å². The molecule has 0 amide bonds. The van der Waals surface area contributed by atoms with Gasteiger partial charge in [-0.3, -0.25) is 0 Å². The molecule has 0 N–H and O–H groups in total. The molecule has 0 fully saturated rings. The molecule has 0 saturated heterocycles. The number of rotatable bonds is 1. The van der Waals surface area contributed by atoms with Crippen molar-refractivity contribution in [1.82, 2.24) is 0 Å². The first kappa shape index (κ1) is 9.51. The van der Waals surface area contributed by atoms with E-state index in [9.17, 15) is 0 Å². The van der Waals surface area contributed by atoms with Gasteiger partial charge in [0.1, 0.15) is 0 Å². The summed E-state index contributed by atoms with van der Waals surface area (Å²) < 4.78 is 0. The van der Waals surface area contributed by atoms with Gasteiger partial charge in [0.15, 0.2) is 0 Å². The van der Waals surface area contributed by atoms with Gasteiger partial charge in [0, 0.05) is 0 Å². The summed E-state index contributed by atoms with van der Waals surface area (Å²) in [4.78, 5) is 0. The predicted molar refractivity (Wildman–Crippen MR) is 62.3 cm³/mol. The van der Waals surface area contributed by atoms with Crippen LogP contribution in [0.3, 0.4) is 0 Å². The zero-order valence-corrected chi connectivity index (χ0v) is 9.25. The summed E-state index contributed by atoms with van der Waals surface area (Å²) in [5.74, 6) is 0.689. The van der Waals surface area contributed by atoms with Crippen molar-refractivity contribution in [2.45, 2.75) is 32.6 Å². The van der Waals surface area contributed by atoms with E-state index in [1.165, 1.54) is 17.5 Å². The molecule has 0 radical (unpaired) electrons. The standard InChI is InChI=1S/C14H18/c1-11(2)14(3)10-6-8-12-7-4-5-9-13(12)14/h4-9,11H,10H2,1-3H3. The van der Waals surface area contributed by atoms with E-state index in [-0.39, 0.29) is 0 Å². The number of benzene rings is 1. The average molecular weight is 186 g/mol. The first-order chi connectivity index (χ1) is 6.64. The van der Waals surface area contributed by atoms with E-state index in [1.54, 1.807) is 0 Å². The third-order valence-corrected chi connectivity index (χ3v) is 3.69. The molecule has 1 aromatic rings. The summed E-state index contributed by atoms with van der Waals surface area (Å²) >= 11 is 0. The molecule has 0 aromatic heterocycles. The Morgan fingerprint density at radius 3 is 2.64 bits per heavy atom. The van der Waals surface area contributed by atoms with Crippen molar-refractivity contribution >= 4 is 6.08 Å². The van der Waals surface area contributed by atoms with Crippen LogP contribution in [0.4, 0.5) is 0 Å². The predicted octanol–water partition coefficient (Wildman–Crippen LogP) is 4.02. The highest BCUT2D eigenvalue weighted by Crippen LogP contribution is 2.40. The normalized spacial score (nSPS) is 25.1. The molecule has 74 valence electrons. The molecule has 1 aromatic carbocycles. The van der Waals surface area contributed by atoms with Gasteiger partial charge in [-0.1, -0.05) is 57.2 Å². The van der Waals surface area contributed by atoms with E-state index in [0.29, 0.717) is 11.3 Å². The van der Waals surface area contributed by atoms with Crippen LogP contribution in [-0.4, -0.2) is 0 Å². The van der Waals surface area contributed by atoms with Gasteiger partial charge in [-0.15, -0.1) is 0 Å². The zero-order chi connectivity index (χ0) is 10.2. The van der Waals surface area contributed by atoms with Crippen LogP contribution in [0.5, 0.6) is 0 Å². The fraction of sp³-hybridized carbons (Fsp3) is 0.429. The Hall–Kier alpha value is -1.04. The first-order valence-electron chi connectivity index (χ1n) is 5.40. The molecule has 0 saturated carbocycles. The largest absolute Gasteiger partial charge is 0.0830 e. The molecule has 1 aliphatic carbocycles. The van der Waals surface area contributed by atoms with Crippen molar-refractivity contribution in [2.24, 2.45) is 5.92 Å². The fourth-order valence-corrected chi connectivity index (χ4v) is 2.25. The highest BCUT2D eigenvalue weighted by atomic mass is 14.4. The second-order valence-corrected chi connectivity index (χ2v) is 4.77. The quantitative estimate of drug-likeness (QED) is 0.621. The zero-order valence-electron chi connectivity index (χ0n) is 9.25. The van der Waals surface area contributed by atoms with Crippen molar-refractivity contribution in [3.8, 4) is 0 Å². The third kappa shape index (κ3) is 1.30. The van der Waals surface area contributed by atoms with Crippen molar-refractivity contribution in [3.05, 3.63) is 41.5 Å². The smallest absolute Gasteiger partial charge is 0.00118 e. The Morgan fingerprint density at radius 2 is 1.93 bits per heavy atom. The summed E-state index contributed by atoms with van der Waals surface area (Å²) in [7, 11) is 0. The van der Waals surface area contributed by atoms with Gasteiger partial charge in [-0.25, -0.2) is 0 Å². The minimum atomic E-state index is 0.325. The highest BCUT2D eigenvalue weighted by molar-refractivity contribution is 5.59. The molecular formula is C14H18. The lowest BCUT2D eigenvalue weighted by atomic mass is 9.67. The summed E-state index contributed by atoms with van der Waals surface area (Å²) in [6.07, 6.45) is 5.73. The van der Waals surface area contributed by atoms with Crippen LogP contribution in [0.1, 0.15) is 38.3 Å². The Morgan fingerprint density at radius 1 is 1.21 bits per heavy atom. The molecule has 0 nitrogen and oxygen atoms in total. The Kier molecular flexibility index (Phi) is 2.22. The highest BCUT2D eigenvalue weighted by Gasteiger charge is 2.32. The molecule has 14 heavy (non-hydrogen) atoms. The maximum atomic E-state index is 2.38. The van der Waals surface area contributed by atoms with Gasteiger partial charge in [-0.05, 0) is 28.9 Å². The van der Waals surface area contributed by atoms with Crippen LogP contribution in [0.2, 0.25) is 0 Å². The molecular weight excluding hydrogens is 168 g/mol. The number of fused-ring (bicyclic) bond motifs is 1. The Labute approximate surface area is 86.7 Å². The Bertz CT molecular complexity index is 360. The van der Waals surface area contributed by atoms with Crippen LogP contribution in [-0.2, 0) is 5.41 Å². The second-order valence-electron chi connectivity index (χ2n) is 4.77. The second kappa shape index (κ2) is 3.27. The molecule has 0 spiro atoms. The van der Waals surface area contributed by atoms with Gasteiger partial charge in [-0.2, -0.15) is 0 Å². The fourth-order valence-electron chi connectivity index (χ4n) is 2.25. The van der Waals surface area contributed by atoms with E-state index in [4.69, 9.17) is 0 Å². The van der Waals surface area contributed by atoms with Gasteiger partial charge >= 0.3 is 0 Å². The van der Waals surface area contributed by atoms with Crippen LogP contribution >= 0.6 is 0 Å². The monoisotopic (exact) mass is 186 g/mol. The van der Waals surface area contributed by atoms with Crippen molar-refractivity contribution in [1.29, 1.82) is 0 Å². The van der Waals surface area contributed by atoms with Gasteiger partial charge in [0.25, 0.3) is 0 Å². The molecule has 1 atom stereocenters. The first-order valence-corrected chi connectivity index (χ1v) is 5.40. The topological polar surface area (TPSA) is 0 Å². The molecule has 2 rings (SSSR count). The minimum Gasteiger partial charge on any atom is -0.0830 e. The summed E-state index contributed by atoms with van der Waals surface area (Å²) in [5.41, 5.74) is 3.23. The Balaban J connectivity index is 2.56. The molecule has 0 heteroatoms. The minimum absolute atomic E-state index is 0.325. The molecule has 0 bridgehead atoms. The SMILES string of the molecule is CC(C)C1(C)CC=Cc2ccccc21. The molecule has 0 aliphatic heterocycles. The lowest BCUT2D eigenvalue weighted by Gasteiger charge is -2.37. The van der Waals surface area contributed by atoms with Crippen molar-refractivity contribution in [2.75, 3.05) is 0 Å². The third-order valence-electron chi connectivity index (χ3n) is 3.69. The lowest BCUT2D eigenvalue weighted by Crippen LogP contribution is -2.30. The number of allylic oxidation sites excluding steroid dienone is 1. The summed E-state index contributed by atoms with van der Waals surface area (Å²) in [6.45, 7) is 7.01. The number of hydrogen-bond donors (Lipinski definition) is 0. The van der Waals surface area contributed by atoms with Crippen molar-refractivity contribution in [3.63, 3.8) is 0 Å². The van der Waals surface area contributed by atoms with E-state index >= 15 is 0 Å². The van der Waals surface area contributed by atoms with E-state index in [1.807, 2.05) is 0 Å². The van der Waals surface area contributed by atoms with Gasteiger partial charge in [0.2, 0.25) is 0 Å². The van der Waals surface area contributed by atoms with Crippen LogP contribution in [0.25, 0.3) is 6.08 Å².